The fourth-order valence-corrected chi connectivity index (χ4v) is 4.24. The van der Waals surface area contributed by atoms with Crippen molar-refractivity contribution < 1.29 is 19.4 Å². The number of anilines is 1. The molecule has 144 valence electrons. The molecule has 3 rings (SSSR count). The lowest BCUT2D eigenvalue weighted by Crippen LogP contribution is -2.35. The summed E-state index contributed by atoms with van der Waals surface area (Å²) in [5, 5.41) is 12.1. The van der Waals surface area contributed by atoms with Crippen LogP contribution >= 0.6 is 22.9 Å². The van der Waals surface area contributed by atoms with Crippen molar-refractivity contribution in [1.82, 2.24) is 4.98 Å². The molecule has 8 heteroatoms. The highest BCUT2D eigenvalue weighted by Crippen LogP contribution is 2.32. The van der Waals surface area contributed by atoms with E-state index in [1.165, 1.54) is 16.2 Å². The fraction of sp³-hybridized carbons (Fsp3) is 0.421. The first kappa shape index (κ1) is 19.8. The molecule has 6 nitrogen and oxygen atoms in total. The maximum absolute atomic E-state index is 12.9. The lowest BCUT2D eigenvalue weighted by Gasteiger charge is -2.23. The Bertz CT molecular complexity index is 820. The molecule has 2 heterocycles. The molecule has 1 aliphatic heterocycles. The number of carbonyl (C=O) groups is 2. The van der Waals surface area contributed by atoms with Gasteiger partial charge in [0.1, 0.15) is 0 Å². The standard InChI is InChI=1S/C19H21ClN2O4S/c1-22(18(25)12(10-17(23)24)9-13-5-4-8-26-13)19-21-16(11-27-19)14-6-2-3-7-15(14)20/h2-3,6-7,11-13H,4-5,8-10H2,1H3,(H,23,24)/t12-,13+/m1/s1. The van der Waals surface area contributed by atoms with Crippen molar-refractivity contribution in [2.45, 2.75) is 31.8 Å². The third-order valence-corrected chi connectivity index (χ3v) is 5.85. The highest BCUT2D eigenvalue weighted by atomic mass is 35.5. The summed E-state index contributed by atoms with van der Waals surface area (Å²) in [6.07, 6.45) is 1.95. The van der Waals surface area contributed by atoms with E-state index in [0.717, 1.165) is 18.4 Å². The second kappa shape index (κ2) is 8.82. The van der Waals surface area contributed by atoms with Crippen LogP contribution in [0.25, 0.3) is 11.3 Å². The van der Waals surface area contributed by atoms with Crippen LogP contribution < -0.4 is 4.90 Å². The average molecular weight is 409 g/mol. The third-order valence-electron chi connectivity index (χ3n) is 4.60. The Hall–Kier alpha value is -1.96. The van der Waals surface area contributed by atoms with Gasteiger partial charge in [-0.15, -0.1) is 11.3 Å². The number of nitrogens with zero attached hydrogens (tertiary/aromatic N) is 2. The zero-order valence-corrected chi connectivity index (χ0v) is 16.5. The zero-order valence-electron chi connectivity index (χ0n) is 14.9. The normalized spacial score (nSPS) is 17.6. The molecule has 0 spiro atoms. The molecule has 0 radical (unpaired) electrons. The predicted octanol–water partition coefficient (Wildman–Crippen LogP) is 4.09. The van der Waals surface area contributed by atoms with Gasteiger partial charge in [0.05, 0.1) is 24.1 Å². The largest absolute Gasteiger partial charge is 0.481 e. The molecule has 27 heavy (non-hydrogen) atoms. The van der Waals surface area contributed by atoms with E-state index >= 15 is 0 Å². The molecule has 0 unspecified atom stereocenters. The molecule has 2 atom stereocenters. The van der Waals surface area contributed by atoms with Gasteiger partial charge in [-0.3, -0.25) is 14.5 Å². The molecular weight excluding hydrogens is 388 g/mol. The smallest absolute Gasteiger partial charge is 0.304 e. The summed E-state index contributed by atoms with van der Waals surface area (Å²) in [4.78, 5) is 30.1. The van der Waals surface area contributed by atoms with Crippen LogP contribution in [0, 0.1) is 5.92 Å². The summed E-state index contributed by atoms with van der Waals surface area (Å²) in [5.74, 6) is -1.88. The number of amides is 1. The molecule has 0 aliphatic carbocycles. The van der Waals surface area contributed by atoms with Gasteiger partial charge >= 0.3 is 5.97 Å². The number of thiazole rings is 1. The van der Waals surface area contributed by atoms with E-state index in [2.05, 4.69) is 4.98 Å². The number of rotatable bonds is 7. The number of carboxylic acids is 1. The second-order valence-corrected chi connectivity index (χ2v) is 7.80. The summed E-state index contributed by atoms with van der Waals surface area (Å²) in [7, 11) is 1.63. The number of carbonyl (C=O) groups excluding carboxylic acids is 1. The monoisotopic (exact) mass is 408 g/mol. The molecule has 2 aromatic rings. The number of benzene rings is 1. The predicted molar refractivity (Wildman–Crippen MR) is 105 cm³/mol. The van der Waals surface area contributed by atoms with Crippen LogP contribution in [0.15, 0.2) is 29.6 Å². The number of hydrogen-bond acceptors (Lipinski definition) is 5. The Morgan fingerprint density at radius 2 is 2.22 bits per heavy atom. The van der Waals surface area contributed by atoms with Gasteiger partial charge in [0.15, 0.2) is 5.13 Å². The molecule has 1 saturated heterocycles. The summed E-state index contributed by atoms with van der Waals surface area (Å²) < 4.78 is 5.58. The van der Waals surface area contributed by atoms with E-state index in [1.54, 1.807) is 13.1 Å². The van der Waals surface area contributed by atoms with Crippen molar-refractivity contribution in [2.75, 3.05) is 18.6 Å². The summed E-state index contributed by atoms with van der Waals surface area (Å²) in [5.41, 5.74) is 1.48. The van der Waals surface area contributed by atoms with Gasteiger partial charge < -0.3 is 9.84 Å². The summed E-state index contributed by atoms with van der Waals surface area (Å²) >= 11 is 7.54. The number of aromatic nitrogens is 1. The molecule has 1 N–H and O–H groups in total. The maximum atomic E-state index is 12.9. The topological polar surface area (TPSA) is 79.7 Å². The van der Waals surface area contributed by atoms with Gasteiger partial charge in [0.25, 0.3) is 0 Å². The molecular formula is C19H21ClN2O4S. The van der Waals surface area contributed by atoms with Gasteiger partial charge in [0, 0.05) is 29.6 Å². The first-order chi connectivity index (χ1) is 13.0. The van der Waals surface area contributed by atoms with Crippen LogP contribution in [0.1, 0.15) is 25.7 Å². The fourth-order valence-electron chi connectivity index (χ4n) is 3.21. The van der Waals surface area contributed by atoms with E-state index in [1.807, 2.05) is 23.6 Å². The van der Waals surface area contributed by atoms with Crippen molar-refractivity contribution in [3.63, 3.8) is 0 Å². The van der Waals surface area contributed by atoms with Crippen LogP contribution in [0.3, 0.4) is 0 Å². The van der Waals surface area contributed by atoms with E-state index < -0.39 is 11.9 Å². The quantitative estimate of drug-likeness (QED) is 0.746. The van der Waals surface area contributed by atoms with Crippen LogP contribution in [0.4, 0.5) is 5.13 Å². The maximum Gasteiger partial charge on any atom is 0.304 e. The number of ether oxygens (including phenoxy) is 1. The van der Waals surface area contributed by atoms with Gasteiger partial charge in [-0.25, -0.2) is 4.98 Å². The minimum atomic E-state index is -0.990. The first-order valence-corrected chi connectivity index (χ1v) is 10.0. The Labute approximate surface area is 166 Å². The van der Waals surface area contributed by atoms with Crippen molar-refractivity contribution >= 4 is 39.9 Å². The molecule has 1 aliphatic rings. The second-order valence-electron chi connectivity index (χ2n) is 6.56. The van der Waals surface area contributed by atoms with Crippen LogP contribution in [-0.2, 0) is 14.3 Å². The van der Waals surface area contributed by atoms with Gasteiger partial charge in [-0.1, -0.05) is 29.8 Å². The number of hydrogen-bond donors (Lipinski definition) is 1. The average Bonchev–Trinajstić information content (AvgIpc) is 3.32. The highest BCUT2D eigenvalue weighted by Gasteiger charge is 2.31. The Morgan fingerprint density at radius 3 is 2.89 bits per heavy atom. The number of aliphatic carboxylic acids is 1. The molecule has 1 amide bonds. The van der Waals surface area contributed by atoms with Gasteiger partial charge in [0.2, 0.25) is 5.91 Å². The SMILES string of the molecule is CN(C(=O)[C@@H](CC(=O)O)C[C@@H]1CCCO1)c1nc(-c2ccccc2Cl)cs1. The highest BCUT2D eigenvalue weighted by molar-refractivity contribution is 7.14. The minimum absolute atomic E-state index is 0.0540. The lowest BCUT2D eigenvalue weighted by atomic mass is 9.95. The van der Waals surface area contributed by atoms with Gasteiger partial charge in [-0.2, -0.15) is 0 Å². The Morgan fingerprint density at radius 1 is 1.44 bits per heavy atom. The molecule has 0 saturated carbocycles. The van der Waals surface area contributed by atoms with Crippen LogP contribution in [0.5, 0.6) is 0 Å². The van der Waals surface area contributed by atoms with E-state index in [4.69, 9.17) is 16.3 Å². The van der Waals surface area contributed by atoms with Crippen LogP contribution in [-0.4, -0.2) is 41.7 Å². The molecule has 0 bridgehead atoms. The van der Waals surface area contributed by atoms with E-state index in [0.29, 0.717) is 28.9 Å². The third kappa shape index (κ3) is 4.86. The Kier molecular flexibility index (Phi) is 6.46. The zero-order chi connectivity index (χ0) is 19.4. The van der Waals surface area contributed by atoms with Crippen molar-refractivity contribution in [1.29, 1.82) is 0 Å². The molecule has 1 fully saturated rings. The molecule has 1 aromatic heterocycles. The summed E-state index contributed by atoms with van der Waals surface area (Å²) in [6.45, 7) is 0.669. The van der Waals surface area contributed by atoms with Crippen molar-refractivity contribution in [3.05, 3.63) is 34.7 Å². The molecule has 1 aromatic carbocycles. The van der Waals surface area contributed by atoms with Crippen LogP contribution in [0.2, 0.25) is 5.02 Å². The van der Waals surface area contributed by atoms with Crippen molar-refractivity contribution in [2.24, 2.45) is 5.92 Å². The Balaban J connectivity index is 1.76. The number of carboxylic acid groups (broad SMARTS) is 1. The summed E-state index contributed by atoms with van der Waals surface area (Å²) in [6, 6.07) is 7.37. The number of halogens is 1. The van der Waals surface area contributed by atoms with Crippen molar-refractivity contribution in [3.8, 4) is 11.3 Å². The lowest BCUT2D eigenvalue weighted by molar-refractivity contribution is -0.141. The van der Waals surface area contributed by atoms with Gasteiger partial charge in [-0.05, 0) is 25.3 Å². The van der Waals surface area contributed by atoms with E-state index in [9.17, 15) is 14.7 Å². The minimum Gasteiger partial charge on any atom is -0.481 e. The first-order valence-electron chi connectivity index (χ1n) is 8.77. The van der Waals surface area contributed by atoms with E-state index in [-0.39, 0.29) is 18.4 Å².